The van der Waals surface area contributed by atoms with Crippen LogP contribution in [0.25, 0.3) is 0 Å². The minimum atomic E-state index is 0. The van der Waals surface area contributed by atoms with Crippen molar-refractivity contribution in [3.8, 4) is 0 Å². The van der Waals surface area contributed by atoms with Crippen molar-refractivity contribution in [3.63, 3.8) is 0 Å². The van der Waals surface area contributed by atoms with E-state index in [4.69, 9.17) is 5.11 Å². The van der Waals surface area contributed by atoms with Crippen molar-refractivity contribution in [2.24, 2.45) is 0 Å². The van der Waals surface area contributed by atoms with Gasteiger partial charge < -0.3 is 22.0 Å². The summed E-state index contributed by atoms with van der Waals surface area (Å²) in [6.07, 6.45) is 3.87. The van der Waals surface area contributed by atoms with Crippen molar-refractivity contribution < 1.29 is 22.0 Å². The zero-order valence-electron chi connectivity index (χ0n) is 8.52. The lowest BCUT2D eigenvalue weighted by Gasteiger charge is -2.28. The predicted octanol–water partition coefficient (Wildman–Crippen LogP) is -1.75. The van der Waals surface area contributed by atoms with Crippen molar-refractivity contribution in [1.29, 1.82) is 0 Å². The van der Waals surface area contributed by atoms with E-state index in [0.29, 0.717) is 6.61 Å². The van der Waals surface area contributed by atoms with Gasteiger partial charge in [-0.2, -0.15) is 0 Å². The molecule has 0 spiro atoms. The highest BCUT2D eigenvalue weighted by Gasteiger charge is 2.12. The fourth-order valence-corrected chi connectivity index (χ4v) is 1.17. The molecule has 2 nitrogen and oxygen atoms in total. The van der Waals surface area contributed by atoms with Crippen molar-refractivity contribution >= 4 is 0 Å². The molecular formula is C9H22ClNO. The molecule has 0 fully saturated rings. The number of quaternary nitrogens is 1. The molecule has 0 aliphatic carbocycles. The van der Waals surface area contributed by atoms with Gasteiger partial charge in [-0.15, -0.1) is 0 Å². The molecule has 0 bridgehead atoms. The molecule has 0 aromatic heterocycles. The number of halogens is 1. The number of hydrogen-bond donors (Lipinski definition) is 1. The Bertz CT molecular complexity index is 96.5. The number of aliphatic hydroxyl groups is 1. The normalized spacial score (nSPS) is 11.0. The first-order chi connectivity index (χ1) is 5.12. The second-order valence-corrected chi connectivity index (χ2v) is 3.81. The van der Waals surface area contributed by atoms with E-state index in [0.717, 1.165) is 11.0 Å². The van der Waals surface area contributed by atoms with Crippen molar-refractivity contribution in [2.45, 2.75) is 26.2 Å². The SMILES string of the molecule is CCCCC[N+](C)(C)CCO.[Cl-]. The predicted molar refractivity (Wildman–Crippen MR) is 48.5 cm³/mol. The zero-order chi connectivity index (χ0) is 8.74. The number of rotatable bonds is 6. The highest BCUT2D eigenvalue weighted by molar-refractivity contribution is 4.37. The molecule has 0 saturated carbocycles. The third-order valence-electron chi connectivity index (χ3n) is 2.07. The summed E-state index contributed by atoms with van der Waals surface area (Å²) in [5.41, 5.74) is 0. The molecule has 0 unspecified atom stereocenters. The van der Waals surface area contributed by atoms with Gasteiger partial charge in [-0.1, -0.05) is 13.3 Å². The molecule has 76 valence electrons. The Morgan fingerprint density at radius 2 is 1.67 bits per heavy atom. The summed E-state index contributed by atoms with van der Waals surface area (Å²) in [7, 11) is 4.34. The molecule has 3 heteroatoms. The average Bonchev–Trinajstić information content (AvgIpc) is 1.87. The minimum Gasteiger partial charge on any atom is -1.00 e. The molecule has 0 saturated heterocycles. The molecule has 0 heterocycles. The maximum Gasteiger partial charge on any atom is 0.102 e. The van der Waals surface area contributed by atoms with E-state index in [2.05, 4.69) is 21.0 Å². The Morgan fingerprint density at radius 1 is 1.08 bits per heavy atom. The minimum absolute atomic E-state index is 0. The van der Waals surface area contributed by atoms with Crippen LogP contribution >= 0.6 is 0 Å². The monoisotopic (exact) mass is 195 g/mol. The summed E-state index contributed by atoms with van der Waals surface area (Å²) in [5.74, 6) is 0. The zero-order valence-corrected chi connectivity index (χ0v) is 9.27. The van der Waals surface area contributed by atoms with Gasteiger partial charge in [0.25, 0.3) is 0 Å². The van der Waals surface area contributed by atoms with Crippen LogP contribution in [-0.2, 0) is 0 Å². The second-order valence-electron chi connectivity index (χ2n) is 3.81. The van der Waals surface area contributed by atoms with Gasteiger partial charge in [0.15, 0.2) is 0 Å². The molecule has 0 atom stereocenters. The van der Waals surface area contributed by atoms with Crippen LogP contribution in [0.1, 0.15) is 26.2 Å². The first-order valence-corrected chi connectivity index (χ1v) is 4.55. The third-order valence-corrected chi connectivity index (χ3v) is 2.07. The fourth-order valence-electron chi connectivity index (χ4n) is 1.17. The fraction of sp³-hybridized carbons (Fsp3) is 1.00. The molecular weight excluding hydrogens is 174 g/mol. The smallest absolute Gasteiger partial charge is 0.102 e. The molecule has 1 N–H and O–H groups in total. The average molecular weight is 196 g/mol. The van der Waals surface area contributed by atoms with Crippen LogP contribution in [0.5, 0.6) is 0 Å². The van der Waals surface area contributed by atoms with Gasteiger partial charge in [0, 0.05) is 0 Å². The summed E-state index contributed by atoms with van der Waals surface area (Å²) >= 11 is 0. The van der Waals surface area contributed by atoms with Crippen molar-refractivity contribution in [2.75, 3.05) is 33.8 Å². The number of likely N-dealkylation sites (N-methyl/N-ethyl adjacent to an activating group) is 1. The molecule has 0 rings (SSSR count). The topological polar surface area (TPSA) is 20.2 Å². The number of hydrogen-bond acceptors (Lipinski definition) is 1. The summed E-state index contributed by atoms with van der Waals surface area (Å²) in [5, 5.41) is 8.74. The molecule has 0 aliphatic rings. The maximum absolute atomic E-state index is 8.74. The Balaban J connectivity index is 0. The molecule has 0 aliphatic heterocycles. The highest BCUT2D eigenvalue weighted by atomic mass is 35.5. The van der Waals surface area contributed by atoms with Crippen molar-refractivity contribution in [1.82, 2.24) is 0 Å². The summed E-state index contributed by atoms with van der Waals surface area (Å²) in [6.45, 7) is 4.59. The largest absolute Gasteiger partial charge is 1.00 e. The van der Waals surface area contributed by atoms with Gasteiger partial charge in [0.2, 0.25) is 0 Å². The van der Waals surface area contributed by atoms with Crippen LogP contribution in [0.15, 0.2) is 0 Å². The molecule has 0 aromatic carbocycles. The Kier molecular flexibility index (Phi) is 9.61. The first-order valence-electron chi connectivity index (χ1n) is 4.55. The molecule has 0 amide bonds. The van der Waals surface area contributed by atoms with Gasteiger partial charge in [0.1, 0.15) is 6.54 Å². The quantitative estimate of drug-likeness (QED) is 0.394. The van der Waals surface area contributed by atoms with Crippen LogP contribution in [0.2, 0.25) is 0 Å². The summed E-state index contributed by atoms with van der Waals surface area (Å²) in [6, 6.07) is 0. The van der Waals surface area contributed by atoms with E-state index in [-0.39, 0.29) is 12.4 Å². The Morgan fingerprint density at radius 3 is 2.08 bits per heavy atom. The lowest BCUT2D eigenvalue weighted by Crippen LogP contribution is -3.00. The lowest BCUT2D eigenvalue weighted by molar-refractivity contribution is -0.890. The van der Waals surface area contributed by atoms with E-state index >= 15 is 0 Å². The Hall–Kier alpha value is 0.210. The van der Waals surface area contributed by atoms with E-state index < -0.39 is 0 Å². The maximum atomic E-state index is 8.74. The number of unbranched alkanes of at least 4 members (excludes halogenated alkanes) is 2. The standard InChI is InChI=1S/C9H22NO.ClH/c1-4-5-6-7-10(2,3)8-9-11;/h11H,4-9H2,1-3H3;1H/q+1;/p-1. The number of aliphatic hydroxyl groups excluding tert-OH is 1. The van der Waals surface area contributed by atoms with Gasteiger partial charge in [-0.3, -0.25) is 0 Å². The lowest BCUT2D eigenvalue weighted by atomic mass is 10.2. The molecule has 0 aromatic rings. The molecule has 0 radical (unpaired) electrons. The van der Waals surface area contributed by atoms with Crippen LogP contribution < -0.4 is 12.4 Å². The third kappa shape index (κ3) is 8.31. The molecule has 12 heavy (non-hydrogen) atoms. The summed E-state index contributed by atoms with van der Waals surface area (Å²) < 4.78 is 0.955. The van der Waals surface area contributed by atoms with Crippen LogP contribution in [-0.4, -0.2) is 43.4 Å². The van der Waals surface area contributed by atoms with Gasteiger partial charge in [0.05, 0.1) is 27.2 Å². The van der Waals surface area contributed by atoms with Crippen LogP contribution in [0, 0.1) is 0 Å². The van der Waals surface area contributed by atoms with E-state index in [1.807, 2.05) is 0 Å². The van der Waals surface area contributed by atoms with Gasteiger partial charge >= 0.3 is 0 Å². The van der Waals surface area contributed by atoms with E-state index in [9.17, 15) is 0 Å². The van der Waals surface area contributed by atoms with E-state index in [1.165, 1.54) is 25.8 Å². The van der Waals surface area contributed by atoms with E-state index in [1.54, 1.807) is 0 Å². The first kappa shape index (κ1) is 14.7. The van der Waals surface area contributed by atoms with Gasteiger partial charge in [-0.05, 0) is 12.8 Å². The Labute approximate surface area is 82.6 Å². The van der Waals surface area contributed by atoms with Crippen molar-refractivity contribution in [3.05, 3.63) is 0 Å². The highest BCUT2D eigenvalue weighted by Crippen LogP contribution is 2.02. The second kappa shape index (κ2) is 7.84. The van der Waals surface area contributed by atoms with Crippen LogP contribution in [0.3, 0.4) is 0 Å². The summed E-state index contributed by atoms with van der Waals surface area (Å²) in [4.78, 5) is 0. The van der Waals surface area contributed by atoms with Crippen LogP contribution in [0.4, 0.5) is 0 Å². The number of nitrogens with zero attached hydrogens (tertiary/aromatic N) is 1. The van der Waals surface area contributed by atoms with Gasteiger partial charge in [-0.25, -0.2) is 0 Å².